The quantitative estimate of drug-likeness (QED) is 0.237. The summed E-state index contributed by atoms with van der Waals surface area (Å²) in [4.78, 5) is 14.7. The second-order valence-electron chi connectivity index (χ2n) is 2.56. The van der Waals surface area contributed by atoms with Crippen LogP contribution < -0.4 is 0 Å². The summed E-state index contributed by atoms with van der Waals surface area (Å²) in [5, 5.41) is 11.3. The number of rotatable bonds is 3. The van der Waals surface area contributed by atoms with Gasteiger partial charge in [-0.1, -0.05) is 5.16 Å². The van der Waals surface area contributed by atoms with Crippen LogP contribution in [0.15, 0.2) is 10.1 Å². The second-order valence-corrected chi connectivity index (χ2v) is 2.56. The molecular formula is C8H14N2O3. The topological polar surface area (TPSA) is 71.2 Å². The highest BCUT2D eigenvalue weighted by Crippen LogP contribution is 1.93. The number of oxime groups is 1. The van der Waals surface area contributed by atoms with Gasteiger partial charge >= 0.3 is 5.97 Å². The fourth-order valence-corrected chi connectivity index (χ4v) is 0.696. The number of carbonyl (C=O) groups is 1. The van der Waals surface area contributed by atoms with E-state index in [4.69, 9.17) is 5.21 Å². The summed E-state index contributed by atoms with van der Waals surface area (Å²) >= 11 is 0. The van der Waals surface area contributed by atoms with E-state index in [-0.39, 0.29) is 12.3 Å². The van der Waals surface area contributed by atoms with E-state index in [0.29, 0.717) is 6.61 Å². The summed E-state index contributed by atoms with van der Waals surface area (Å²) in [5.74, 6) is -0.376. The van der Waals surface area contributed by atoms with Crippen LogP contribution in [0, 0.1) is 0 Å². The molecule has 0 fully saturated rings. The van der Waals surface area contributed by atoms with Crippen molar-refractivity contribution in [3.8, 4) is 0 Å². The molecule has 0 spiro atoms. The number of amidine groups is 1. The van der Waals surface area contributed by atoms with Gasteiger partial charge in [0.25, 0.3) is 0 Å². The molecule has 74 valence electrons. The highest BCUT2D eigenvalue weighted by Gasteiger charge is 2.07. The standard InChI is InChI=1S/C8H14N2O3/c1-4-13-8(11)5-7(10-12)9-6(2)3/h12H,4-5H2,1-3H3/b10-7-. The van der Waals surface area contributed by atoms with Gasteiger partial charge in [0.15, 0.2) is 5.84 Å². The molecule has 0 saturated heterocycles. The Hall–Kier alpha value is -1.39. The number of carbonyl (C=O) groups excluding carboxylic acids is 1. The Morgan fingerprint density at radius 1 is 1.46 bits per heavy atom. The second kappa shape index (κ2) is 6.16. The minimum Gasteiger partial charge on any atom is -0.466 e. The molecule has 0 aliphatic carbocycles. The maximum atomic E-state index is 10.9. The van der Waals surface area contributed by atoms with Gasteiger partial charge in [0.05, 0.1) is 6.61 Å². The molecule has 0 heterocycles. The molecule has 1 N–H and O–H groups in total. The molecule has 5 heteroatoms. The summed E-state index contributed by atoms with van der Waals surface area (Å²) in [7, 11) is 0. The monoisotopic (exact) mass is 186 g/mol. The molecule has 13 heavy (non-hydrogen) atoms. The molecule has 0 bridgehead atoms. The summed E-state index contributed by atoms with van der Waals surface area (Å²) in [5.41, 5.74) is 0.720. The molecule has 0 aromatic carbocycles. The fourth-order valence-electron chi connectivity index (χ4n) is 0.696. The van der Waals surface area contributed by atoms with Crippen LogP contribution in [0.4, 0.5) is 0 Å². The highest BCUT2D eigenvalue weighted by atomic mass is 16.5. The molecule has 0 unspecified atom stereocenters. The third-order valence-electron chi connectivity index (χ3n) is 1.08. The van der Waals surface area contributed by atoms with Crippen LogP contribution in [0.5, 0.6) is 0 Å². The van der Waals surface area contributed by atoms with Crippen LogP contribution in [-0.2, 0) is 9.53 Å². The Morgan fingerprint density at radius 2 is 2.08 bits per heavy atom. The number of esters is 1. The van der Waals surface area contributed by atoms with E-state index >= 15 is 0 Å². The predicted octanol–water partition coefficient (Wildman–Crippen LogP) is 1.21. The molecule has 0 aliphatic heterocycles. The molecule has 0 amide bonds. The molecule has 0 atom stereocenters. The number of hydrogen-bond donors (Lipinski definition) is 1. The number of hydrogen-bond acceptors (Lipinski definition) is 4. The Kier molecular flexibility index (Phi) is 5.50. The van der Waals surface area contributed by atoms with Gasteiger partial charge in [-0.25, -0.2) is 4.99 Å². The number of nitrogens with zero attached hydrogens (tertiary/aromatic N) is 2. The van der Waals surface area contributed by atoms with Crippen molar-refractivity contribution in [2.75, 3.05) is 6.61 Å². The van der Waals surface area contributed by atoms with Gasteiger partial charge in [0, 0.05) is 5.71 Å². The zero-order valence-electron chi connectivity index (χ0n) is 8.07. The first-order valence-electron chi connectivity index (χ1n) is 3.98. The fraction of sp³-hybridized carbons (Fsp3) is 0.625. The van der Waals surface area contributed by atoms with Gasteiger partial charge in [-0.2, -0.15) is 0 Å². The van der Waals surface area contributed by atoms with Crippen molar-refractivity contribution in [1.82, 2.24) is 0 Å². The first-order valence-corrected chi connectivity index (χ1v) is 3.98. The average Bonchev–Trinajstić information content (AvgIpc) is 2.02. The van der Waals surface area contributed by atoms with E-state index in [1.165, 1.54) is 0 Å². The van der Waals surface area contributed by atoms with Crippen LogP contribution in [0.25, 0.3) is 0 Å². The van der Waals surface area contributed by atoms with Gasteiger partial charge in [0.1, 0.15) is 6.42 Å². The number of ether oxygens (including phenoxy) is 1. The van der Waals surface area contributed by atoms with E-state index in [1.807, 2.05) is 0 Å². The Balaban J connectivity index is 4.16. The third kappa shape index (κ3) is 5.84. The van der Waals surface area contributed by atoms with Crippen LogP contribution in [0.2, 0.25) is 0 Å². The van der Waals surface area contributed by atoms with E-state index in [9.17, 15) is 4.79 Å². The lowest BCUT2D eigenvalue weighted by Gasteiger charge is -2.00. The molecule has 0 aromatic heterocycles. The van der Waals surface area contributed by atoms with Crippen molar-refractivity contribution < 1.29 is 14.7 Å². The number of aliphatic imine (C=N–C) groups is 1. The van der Waals surface area contributed by atoms with E-state index in [2.05, 4.69) is 14.9 Å². The van der Waals surface area contributed by atoms with E-state index in [0.717, 1.165) is 5.71 Å². The van der Waals surface area contributed by atoms with Crippen LogP contribution in [0.1, 0.15) is 27.2 Å². The third-order valence-corrected chi connectivity index (χ3v) is 1.08. The van der Waals surface area contributed by atoms with Gasteiger partial charge in [-0.15, -0.1) is 0 Å². The average molecular weight is 186 g/mol. The summed E-state index contributed by atoms with van der Waals surface area (Å²) in [6.45, 7) is 5.51. The summed E-state index contributed by atoms with van der Waals surface area (Å²) in [6, 6.07) is 0. The lowest BCUT2D eigenvalue weighted by Crippen LogP contribution is -2.10. The lowest BCUT2D eigenvalue weighted by molar-refractivity contribution is -0.141. The molecule has 0 aromatic rings. The highest BCUT2D eigenvalue weighted by molar-refractivity contribution is 6.03. The van der Waals surface area contributed by atoms with Gasteiger partial charge in [-0.3, -0.25) is 4.79 Å². The molecule has 0 rings (SSSR count). The van der Waals surface area contributed by atoms with Gasteiger partial charge < -0.3 is 9.94 Å². The van der Waals surface area contributed by atoms with Crippen LogP contribution >= 0.6 is 0 Å². The van der Waals surface area contributed by atoms with Crippen molar-refractivity contribution in [2.24, 2.45) is 10.1 Å². The zero-order chi connectivity index (χ0) is 10.3. The first-order chi connectivity index (χ1) is 6.10. The SMILES string of the molecule is CCOC(=O)C/C(N=C(C)C)=N/O. The van der Waals surface area contributed by atoms with Gasteiger partial charge in [-0.05, 0) is 20.8 Å². The van der Waals surface area contributed by atoms with Crippen LogP contribution in [-0.4, -0.2) is 29.3 Å². The smallest absolute Gasteiger partial charge is 0.313 e. The molecule has 5 nitrogen and oxygen atoms in total. The summed E-state index contributed by atoms with van der Waals surface area (Å²) in [6.07, 6.45) is -0.102. The molecule has 0 radical (unpaired) electrons. The molecular weight excluding hydrogens is 172 g/mol. The maximum absolute atomic E-state index is 10.9. The molecule has 0 aliphatic rings. The van der Waals surface area contributed by atoms with Crippen LogP contribution in [0.3, 0.4) is 0 Å². The minimum absolute atomic E-state index is 0.0680. The van der Waals surface area contributed by atoms with Crippen molar-refractivity contribution in [3.63, 3.8) is 0 Å². The Bertz CT molecular complexity index is 230. The van der Waals surface area contributed by atoms with E-state index < -0.39 is 5.97 Å². The maximum Gasteiger partial charge on any atom is 0.313 e. The van der Waals surface area contributed by atoms with Crippen molar-refractivity contribution >= 4 is 17.5 Å². The lowest BCUT2D eigenvalue weighted by atomic mass is 10.4. The molecule has 0 saturated carbocycles. The van der Waals surface area contributed by atoms with Crippen molar-refractivity contribution in [1.29, 1.82) is 0 Å². The predicted molar refractivity (Wildman–Crippen MR) is 49.3 cm³/mol. The Labute approximate surface area is 77.1 Å². The zero-order valence-corrected chi connectivity index (χ0v) is 8.07. The van der Waals surface area contributed by atoms with Crippen molar-refractivity contribution in [2.45, 2.75) is 27.2 Å². The first kappa shape index (κ1) is 11.6. The van der Waals surface area contributed by atoms with Gasteiger partial charge in [0.2, 0.25) is 0 Å². The summed E-state index contributed by atoms with van der Waals surface area (Å²) < 4.78 is 4.66. The van der Waals surface area contributed by atoms with Crippen molar-refractivity contribution in [3.05, 3.63) is 0 Å². The minimum atomic E-state index is -0.444. The normalized spacial score (nSPS) is 10.8. The van der Waals surface area contributed by atoms with E-state index in [1.54, 1.807) is 20.8 Å². The Morgan fingerprint density at radius 3 is 2.46 bits per heavy atom. The largest absolute Gasteiger partial charge is 0.466 e.